The third kappa shape index (κ3) is 3.84. The first-order chi connectivity index (χ1) is 13.4. The van der Waals surface area contributed by atoms with Gasteiger partial charge in [-0.05, 0) is 36.8 Å². The van der Waals surface area contributed by atoms with Crippen molar-refractivity contribution in [2.75, 3.05) is 12.4 Å². The number of halogens is 1. The van der Waals surface area contributed by atoms with Crippen LogP contribution >= 0.6 is 11.6 Å². The normalized spacial score (nSPS) is 10.5. The molecule has 0 atom stereocenters. The maximum Gasteiger partial charge on any atom is 0.321 e. The van der Waals surface area contributed by atoms with Crippen LogP contribution in [0.3, 0.4) is 0 Å². The SMILES string of the molecule is COc1ccccc1-n1ccn(CC(=O)Nc2cccc(Cl)c2C)c(=O)c1=O. The molecular weight excluding hydrogens is 382 g/mol. The fourth-order valence-corrected chi connectivity index (χ4v) is 2.91. The third-order valence-electron chi connectivity index (χ3n) is 4.26. The minimum atomic E-state index is -0.814. The lowest BCUT2D eigenvalue weighted by molar-refractivity contribution is -0.116. The van der Waals surface area contributed by atoms with Gasteiger partial charge in [-0.25, -0.2) is 0 Å². The molecule has 28 heavy (non-hydrogen) atoms. The van der Waals surface area contributed by atoms with E-state index < -0.39 is 17.0 Å². The Hall–Kier alpha value is -3.32. The van der Waals surface area contributed by atoms with E-state index in [0.717, 1.165) is 10.1 Å². The number of nitrogens with zero attached hydrogens (tertiary/aromatic N) is 2. The van der Waals surface area contributed by atoms with Crippen LogP contribution in [0.25, 0.3) is 5.69 Å². The highest BCUT2D eigenvalue weighted by Crippen LogP contribution is 2.23. The maximum absolute atomic E-state index is 12.5. The number of para-hydroxylation sites is 2. The summed E-state index contributed by atoms with van der Waals surface area (Å²) in [7, 11) is 1.48. The van der Waals surface area contributed by atoms with Crippen LogP contribution in [0, 0.1) is 6.92 Å². The molecule has 0 aliphatic rings. The van der Waals surface area contributed by atoms with Gasteiger partial charge in [0.1, 0.15) is 12.3 Å². The summed E-state index contributed by atoms with van der Waals surface area (Å²) in [5.74, 6) is 0.0119. The smallest absolute Gasteiger partial charge is 0.321 e. The molecular formula is C20H18ClN3O4. The van der Waals surface area contributed by atoms with Crippen molar-refractivity contribution in [3.63, 3.8) is 0 Å². The second-order valence-corrected chi connectivity index (χ2v) is 6.45. The molecule has 2 aromatic carbocycles. The molecule has 1 N–H and O–H groups in total. The first-order valence-corrected chi connectivity index (χ1v) is 8.80. The Kier molecular flexibility index (Phi) is 5.65. The van der Waals surface area contributed by atoms with Gasteiger partial charge < -0.3 is 10.1 Å². The minimum absolute atomic E-state index is 0.299. The summed E-state index contributed by atoms with van der Waals surface area (Å²) >= 11 is 6.04. The fourth-order valence-electron chi connectivity index (χ4n) is 2.74. The summed E-state index contributed by atoms with van der Waals surface area (Å²) in [4.78, 5) is 37.3. The van der Waals surface area contributed by atoms with Crippen LogP contribution in [0.5, 0.6) is 5.75 Å². The Morgan fingerprint density at radius 3 is 2.57 bits per heavy atom. The van der Waals surface area contributed by atoms with Crippen LogP contribution in [0.1, 0.15) is 5.56 Å². The zero-order chi connectivity index (χ0) is 20.3. The Bertz CT molecular complexity index is 1150. The minimum Gasteiger partial charge on any atom is -0.495 e. The lowest BCUT2D eigenvalue weighted by Crippen LogP contribution is -2.41. The molecule has 0 saturated heterocycles. The topological polar surface area (TPSA) is 82.3 Å². The van der Waals surface area contributed by atoms with Crippen LogP contribution in [0.2, 0.25) is 5.02 Å². The van der Waals surface area contributed by atoms with Gasteiger partial charge in [0.05, 0.1) is 12.8 Å². The second kappa shape index (κ2) is 8.14. The monoisotopic (exact) mass is 399 g/mol. The van der Waals surface area contributed by atoms with E-state index in [2.05, 4.69) is 5.32 Å². The molecule has 7 nitrogen and oxygen atoms in total. The van der Waals surface area contributed by atoms with Crippen LogP contribution in [0.15, 0.2) is 64.4 Å². The number of carbonyl (C=O) groups excluding carboxylic acids is 1. The molecule has 0 bridgehead atoms. The van der Waals surface area contributed by atoms with Gasteiger partial charge in [-0.1, -0.05) is 29.8 Å². The number of benzene rings is 2. The van der Waals surface area contributed by atoms with Crippen molar-refractivity contribution in [1.29, 1.82) is 0 Å². The van der Waals surface area contributed by atoms with Crippen molar-refractivity contribution in [2.24, 2.45) is 0 Å². The van der Waals surface area contributed by atoms with E-state index in [1.807, 2.05) is 0 Å². The number of anilines is 1. The number of ether oxygens (including phenoxy) is 1. The highest BCUT2D eigenvalue weighted by atomic mass is 35.5. The summed E-state index contributed by atoms with van der Waals surface area (Å²) in [6.07, 6.45) is 2.82. The molecule has 0 unspecified atom stereocenters. The summed E-state index contributed by atoms with van der Waals surface area (Å²) in [5.41, 5.74) is 0.118. The summed E-state index contributed by atoms with van der Waals surface area (Å²) in [5, 5.41) is 3.22. The molecule has 0 aliphatic carbocycles. The zero-order valence-corrected chi connectivity index (χ0v) is 16.1. The van der Waals surface area contributed by atoms with Gasteiger partial charge in [-0.3, -0.25) is 23.5 Å². The number of methoxy groups -OCH3 is 1. The van der Waals surface area contributed by atoms with Crippen LogP contribution in [-0.2, 0) is 11.3 Å². The summed E-state index contributed by atoms with van der Waals surface area (Å²) < 4.78 is 7.48. The van der Waals surface area contributed by atoms with Crippen molar-refractivity contribution in [3.05, 3.63) is 86.2 Å². The lowest BCUT2D eigenvalue weighted by atomic mass is 10.2. The van der Waals surface area contributed by atoms with E-state index in [1.165, 1.54) is 24.1 Å². The first kappa shape index (κ1) is 19.4. The second-order valence-electron chi connectivity index (χ2n) is 6.04. The number of rotatable bonds is 5. The highest BCUT2D eigenvalue weighted by Gasteiger charge is 2.13. The molecule has 0 spiro atoms. The molecule has 3 aromatic rings. The van der Waals surface area contributed by atoms with Crippen LogP contribution in [0.4, 0.5) is 5.69 Å². The fraction of sp³-hybridized carbons (Fsp3) is 0.150. The van der Waals surface area contributed by atoms with Gasteiger partial charge in [0.25, 0.3) is 0 Å². The van der Waals surface area contributed by atoms with Gasteiger partial charge in [0.15, 0.2) is 0 Å². The number of amides is 1. The predicted molar refractivity (Wildman–Crippen MR) is 108 cm³/mol. The van der Waals surface area contributed by atoms with E-state index in [-0.39, 0.29) is 6.54 Å². The molecule has 1 aromatic heterocycles. The average Bonchev–Trinajstić information content (AvgIpc) is 2.69. The van der Waals surface area contributed by atoms with Gasteiger partial charge in [0, 0.05) is 23.1 Å². The van der Waals surface area contributed by atoms with E-state index in [9.17, 15) is 14.4 Å². The van der Waals surface area contributed by atoms with Gasteiger partial charge in [0.2, 0.25) is 5.91 Å². The number of aromatic nitrogens is 2. The zero-order valence-electron chi connectivity index (χ0n) is 15.3. The molecule has 1 amide bonds. The van der Waals surface area contributed by atoms with Crippen molar-refractivity contribution in [3.8, 4) is 11.4 Å². The highest BCUT2D eigenvalue weighted by molar-refractivity contribution is 6.31. The Morgan fingerprint density at radius 2 is 1.82 bits per heavy atom. The van der Waals surface area contributed by atoms with Crippen LogP contribution in [-0.4, -0.2) is 22.2 Å². The standard InChI is InChI=1S/C20H18ClN3O4/c1-13-14(21)6-5-7-15(13)22-18(25)12-23-10-11-24(20(27)19(23)26)16-8-3-4-9-17(16)28-2/h3-11H,12H2,1-2H3,(H,22,25). The molecule has 1 heterocycles. The number of hydrogen-bond acceptors (Lipinski definition) is 4. The van der Waals surface area contributed by atoms with Gasteiger partial charge >= 0.3 is 11.1 Å². The Morgan fingerprint density at radius 1 is 1.07 bits per heavy atom. The number of hydrogen-bond donors (Lipinski definition) is 1. The molecule has 0 saturated carbocycles. The quantitative estimate of drug-likeness (QED) is 0.668. The largest absolute Gasteiger partial charge is 0.495 e. The number of nitrogens with one attached hydrogen (secondary N) is 1. The average molecular weight is 400 g/mol. The predicted octanol–water partition coefficient (Wildman–Crippen LogP) is 2.61. The van der Waals surface area contributed by atoms with Crippen molar-refractivity contribution in [2.45, 2.75) is 13.5 Å². The Labute approximate surface area is 165 Å². The van der Waals surface area contributed by atoms with Gasteiger partial charge in [-0.2, -0.15) is 0 Å². The molecule has 3 rings (SSSR count). The number of carbonyl (C=O) groups is 1. The van der Waals surface area contributed by atoms with E-state index in [4.69, 9.17) is 16.3 Å². The van der Waals surface area contributed by atoms with E-state index in [1.54, 1.807) is 49.4 Å². The molecule has 0 radical (unpaired) electrons. The molecule has 8 heteroatoms. The lowest BCUT2D eigenvalue weighted by Gasteiger charge is -2.13. The van der Waals surface area contributed by atoms with Crippen molar-refractivity contribution >= 4 is 23.2 Å². The summed E-state index contributed by atoms with van der Waals surface area (Å²) in [6, 6.07) is 12.0. The maximum atomic E-state index is 12.5. The van der Waals surface area contributed by atoms with Crippen molar-refractivity contribution in [1.82, 2.24) is 9.13 Å². The Balaban J connectivity index is 1.87. The molecule has 0 fully saturated rings. The molecule has 0 aliphatic heterocycles. The van der Waals surface area contributed by atoms with E-state index in [0.29, 0.717) is 22.1 Å². The van der Waals surface area contributed by atoms with Crippen molar-refractivity contribution < 1.29 is 9.53 Å². The third-order valence-corrected chi connectivity index (χ3v) is 4.67. The molecule has 144 valence electrons. The first-order valence-electron chi connectivity index (χ1n) is 8.43. The van der Waals surface area contributed by atoms with Gasteiger partial charge in [-0.15, -0.1) is 0 Å². The van der Waals surface area contributed by atoms with E-state index >= 15 is 0 Å². The summed E-state index contributed by atoms with van der Waals surface area (Å²) in [6.45, 7) is 1.48. The van der Waals surface area contributed by atoms with Crippen LogP contribution < -0.4 is 21.2 Å².